The van der Waals surface area contributed by atoms with Crippen LogP contribution in [0.4, 0.5) is 0 Å². The summed E-state index contributed by atoms with van der Waals surface area (Å²) in [6.45, 7) is 4.39. The predicted octanol–water partition coefficient (Wildman–Crippen LogP) is 2.61. The van der Waals surface area contributed by atoms with Gasteiger partial charge in [-0.3, -0.25) is 0 Å². The Morgan fingerprint density at radius 1 is 1.44 bits per heavy atom. The van der Waals surface area contributed by atoms with Crippen molar-refractivity contribution in [2.75, 3.05) is 0 Å². The molecular weight excluding hydrogens is 108 g/mol. The van der Waals surface area contributed by atoms with Gasteiger partial charge in [-0.25, -0.2) is 0 Å². The van der Waals surface area contributed by atoms with Gasteiger partial charge in [0.15, 0.2) is 0 Å². The molecular formula is C9H14. The van der Waals surface area contributed by atoms with Crippen LogP contribution in [0.25, 0.3) is 0 Å². The molecule has 0 saturated carbocycles. The van der Waals surface area contributed by atoms with Gasteiger partial charge in [0.2, 0.25) is 0 Å². The number of rotatable bonds is 3. The van der Waals surface area contributed by atoms with E-state index < -0.39 is 0 Å². The van der Waals surface area contributed by atoms with E-state index in [4.69, 9.17) is 6.42 Å². The van der Waals surface area contributed by atoms with E-state index in [1.54, 1.807) is 0 Å². The molecule has 0 bridgehead atoms. The van der Waals surface area contributed by atoms with E-state index in [1.807, 2.05) is 6.08 Å². The third-order valence-electron chi connectivity index (χ3n) is 1.01. The van der Waals surface area contributed by atoms with Gasteiger partial charge in [-0.15, -0.1) is 12.3 Å². The Balaban J connectivity index is 3.17. The fourth-order valence-corrected chi connectivity index (χ4v) is 0.520. The average molecular weight is 122 g/mol. The fourth-order valence-electron chi connectivity index (χ4n) is 0.520. The topological polar surface area (TPSA) is 0 Å². The zero-order valence-corrected chi connectivity index (χ0v) is 6.22. The Morgan fingerprint density at radius 2 is 2.11 bits per heavy atom. The normalized spacial score (nSPS) is 10.4. The molecule has 0 N–H and O–H groups in total. The maximum Gasteiger partial charge on any atom is 0.0267 e. The second kappa shape index (κ2) is 5.44. The van der Waals surface area contributed by atoms with Crippen LogP contribution in [0, 0.1) is 18.3 Å². The molecule has 0 aliphatic rings. The molecule has 0 aromatic heterocycles. The van der Waals surface area contributed by atoms with Crippen LogP contribution in [0.15, 0.2) is 12.2 Å². The summed E-state index contributed by atoms with van der Waals surface area (Å²) in [5, 5.41) is 0. The van der Waals surface area contributed by atoms with Crippen LogP contribution in [0.5, 0.6) is 0 Å². The predicted molar refractivity (Wildman–Crippen MR) is 42.0 cm³/mol. The van der Waals surface area contributed by atoms with Crippen LogP contribution in [-0.2, 0) is 0 Å². The minimum atomic E-state index is 0.749. The lowest BCUT2D eigenvalue weighted by Gasteiger charge is -1.94. The van der Waals surface area contributed by atoms with E-state index >= 15 is 0 Å². The van der Waals surface area contributed by atoms with Crippen LogP contribution >= 0.6 is 0 Å². The lowest BCUT2D eigenvalue weighted by atomic mass is 10.1. The van der Waals surface area contributed by atoms with E-state index in [2.05, 4.69) is 25.8 Å². The van der Waals surface area contributed by atoms with Crippen LogP contribution < -0.4 is 0 Å². The third-order valence-corrected chi connectivity index (χ3v) is 1.01. The second-order valence-corrected chi connectivity index (χ2v) is 2.51. The van der Waals surface area contributed by atoms with Gasteiger partial charge in [-0.1, -0.05) is 26.0 Å². The Kier molecular flexibility index (Phi) is 5.01. The molecule has 0 saturated heterocycles. The van der Waals surface area contributed by atoms with E-state index in [0.29, 0.717) is 0 Å². The van der Waals surface area contributed by atoms with Gasteiger partial charge >= 0.3 is 0 Å². The molecule has 9 heavy (non-hydrogen) atoms. The summed E-state index contributed by atoms with van der Waals surface area (Å²) in [6.07, 6.45) is 11.1. The van der Waals surface area contributed by atoms with Crippen LogP contribution in [-0.4, -0.2) is 0 Å². The molecule has 0 unspecified atom stereocenters. The van der Waals surface area contributed by atoms with E-state index in [1.165, 1.54) is 0 Å². The van der Waals surface area contributed by atoms with Crippen LogP contribution in [0.2, 0.25) is 0 Å². The number of hydrogen-bond acceptors (Lipinski definition) is 0. The summed E-state index contributed by atoms with van der Waals surface area (Å²) in [7, 11) is 0. The standard InChI is InChI=1S/C9H14/c1-4-5-6-7-8-9(2)3/h1,6-7,9H,5,8H2,2-3H3/b7-6+. The molecule has 0 heteroatoms. The lowest BCUT2D eigenvalue weighted by molar-refractivity contribution is 0.663. The molecule has 0 spiro atoms. The summed E-state index contributed by atoms with van der Waals surface area (Å²) in [4.78, 5) is 0. The first-order valence-electron chi connectivity index (χ1n) is 3.36. The summed E-state index contributed by atoms with van der Waals surface area (Å²) < 4.78 is 0. The highest BCUT2D eigenvalue weighted by atomic mass is 13.9. The SMILES string of the molecule is C#CC/C=C/CC(C)C. The van der Waals surface area contributed by atoms with Crippen molar-refractivity contribution in [2.24, 2.45) is 5.92 Å². The molecule has 0 aromatic carbocycles. The molecule has 0 heterocycles. The maximum absolute atomic E-state index is 5.04. The third kappa shape index (κ3) is 7.30. The van der Waals surface area contributed by atoms with Gasteiger partial charge in [-0.2, -0.15) is 0 Å². The van der Waals surface area contributed by atoms with Crippen molar-refractivity contribution in [3.05, 3.63) is 12.2 Å². The van der Waals surface area contributed by atoms with Crippen molar-refractivity contribution in [3.63, 3.8) is 0 Å². The lowest BCUT2D eigenvalue weighted by Crippen LogP contribution is -1.80. The summed E-state index contributed by atoms with van der Waals surface area (Å²) in [5.74, 6) is 3.30. The minimum Gasteiger partial charge on any atom is -0.120 e. The highest BCUT2D eigenvalue weighted by Crippen LogP contribution is 1.99. The number of allylic oxidation sites excluding steroid dienone is 2. The van der Waals surface area contributed by atoms with Crippen molar-refractivity contribution < 1.29 is 0 Å². The molecule has 0 nitrogen and oxygen atoms in total. The summed E-state index contributed by atoms with van der Waals surface area (Å²) in [6, 6.07) is 0. The van der Waals surface area contributed by atoms with Gasteiger partial charge in [0.1, 0.15) is 0 Å². The quantitative estimate of drug-likeness (QED) is 0.398. The van der Waals surface area contributed by atoms with Crippen molar-refractivity contribution in [2.45, 2.75) is 26.7 Å². The Labute approximate surface area is 58.0 Å². The van der Waals surface area contributed by atoms with Gasteiger partial charge < -0.3 is 0 Å². The first-order valence-corrected chi connectivity index (χ1v) is 3.36. The summed E-state index contributed by atoms with van der Waals surface area (Å²) in [5.41, 5.74) is 0. The number of terminal acetylenes is 1. The van der Waals surface area contributed by atoms with E-state index in [0.717, 1.165) is 18.8 Å². The smallest absolute Gasteiger partial charge is 0.0267 e. The minimum absolute atomic E-state index is 0.749. The van der Waals surface area contributed by atoms with Gasteiger partial charge in [-0.05, 0) is 12.3 Å². The van der Waals surface area contributed by atoms with Crippen molar-refractivity contribution in [1.82, 2.24) is 0 Å². The highest BCUT2D eigenvalue weighted by molar-refractivity contribution is 4.96. The van der Waals surface area contributed by atoms with Gasteiger partial charge in [0.05, 0.1) is 0 Å². The van der Waals surface area contributed by atoms with Gasteiger partial charge in [0.25, 0.3) is 0 Å². The molecule has 0 fully saturated rings. The molecule has 0 amide bonds. The molecule has 0 aromatic rings. The molecule has 0 aliphatic carbocycles. The number of hydrogen-bond donors (Lipinski definition) is 0. The van der Waals surface area contributed by atoms with Gasteiger partial charge in [0, 0.05) is 6.42 Å². The zero-order valence-electron chi connectivity index (χ0n) is 6.22. The fraction of sp³-hybridized carbons (Fsp3) is 0.556. The Morgan fingerprint density at radius 3 is 2.56 bits per heavy atom. The van der Waals surface area contributed by atoms with Crippen molar-refractivity contribution in [3.8, 4) is 12.3 Å². The van der Waals surface area contributed by atoms with Crippen molar-refractivity contribution >= 4 is 0 Å². The zero-order chi connectivity index (χ0) is 7.11. The molecule has 0 radical (unpaired) electrons. The van der Waals surface area contributed by atoms with Crippen LogP contribution in [0.3, 0.4) is 0 Å². The molecule has 0 atom stereocenters. The first-order chi connectivity index (χ1) is 4.27. The first kappa shape index (κ1) is 8.30. The molecule has 0 rings (SSSR count). The highest BCUT2D eigenvalue weighted by Gasteiger charge is 1.84. The maximum atomic E-state index is 5.04. The second-order valence-electron chi connectivity index (χ2n) is 2.51. The summed E-state index contributed by atoms with van der Waals surface area (Å²) >= 11 is 0. The monoisotopic (exact) mass is 122 g/mol. The Hall–Kier alpha value is -0.700. The Bertz CT molecular complexity index is 112. The van der Waals surface area contributed by atoms with Crippen LogP contribution in [0.1, 0.15) is 26.7 Å². The average Bonchev–Trinajstić information content (AvgIpc) is 1.80. The van der Waals surface area contributed by atoms with Crippen molar-refractivity contribution in [1.29, 1.82) is 0 Å². The molecule has 0 aliphatic heterocycles. The molecule has 50 valence electrons. The van der Waals surface area contributed by atoms with E-state index in [9.17, 15) is 0 Å². The van der Waals surface area contributed by atoms with E-state index in [-0.39, 0.29) is 0 Å². The largest absolute Gasteiger partial charge is 0.120 e.